The molecule has 0 fully saturated rings. The molecule has 2 aromatic rings. The number of nitrogens with two attached hydrogens (primary N) is 1. The van der Waals surface area contributed by atoms with Crippen molar-refractivity contribution in [1.82, 2.24) is 9.97 Å². The number of anilines is 2. The van der Waals surface area contributed by atoms with Crippen LogP contribution < -0.4 is 16.6 Å². The molecule has 0 atom stereocenters. The van der Waals surface area contributed by atoms with Crippen molar-refractivity contribution in [2.75, 3.05) is 17.3 Å². The van der Waals surface area contributed by atoms with E-state index < -0.39 is 0 Å². The average Bonchev–Trinajstić information content (AvgIpc) is 2.40. The summed E-state index contributed by atoms with van der Waals surface area (Å²) in [5, 5.41) is 3.31. The molecule has 0 saturated heterocycles. The quantitative estimate of drug-likeness (QED) is 0.534. The fourth-order valence-corrected chi connectivity index (χ4v) is 1.52. The molecule has 0 aliphatic heterocycles. The van der Waals surface area contributed by atoms with E-state index in [0.29, 0.717) is 5.82 Å². The van der Waals surface area contributed by atoms with E-state index in [1.54, 1.807) is 18.6 Å². The summed E-state index contributed by atoms with van der Waals surface area (Å²) >= 11 is 0. The normalized spacial score (nSPS) is 9.94. The molecule has 88 valence electrons. The van der Waals surface area contributed by atoms with Gasteiger partial charge in [-0.15, -0.1) is 0 Å². The van der Waals surface area contributed by atoms with E-state index in [0.717, 1.165) is 18.7 Å². The Kier molecular flexibility index (Phi) is 3.88. The third kappa shape index (κ3) is 3.42. The monoisotopic (exact) mass is 229 g/mol. The maximum Gasteiger partial charge on any atom is 0.141 e. The molecule has 2 rings (SSSR count). The van der Waals surface area contributed by atoms with Gasteiger partial charge in [-0.05, 0) is 30.2 Å². The van der Waals surface area contributed by atoms with Crippen molar-refractivity contribution in [3.63, 3.8) is 0 Å². The minimum Gasteiger partial charge on any atom is -0.385 e. The molecule has 0 spiro atoms. The number of hydrogen-bond acceptors (Lipinski definition) is 5. The number of nitrogens with one attached hydrogen (secondary N) is 2. The standard InChI is InChI=1S/C12H15N5/c13-17-12-9-11(4-8-16-12)15-7-3-10-1-5-14-6-2-10/h1-2,4-6,8-9H,3,7,13H2,(H2,15,16,17). The minimum absolute atomic E-state index is 0.652. The van der Waals surface area contributed by atoms with Gasteiger partial charge in [0.05, 0.1) is 0 Å². The molecule has 0 aromatic carbocycles. The highest BCUT2D eigenvalue weighted by atomic mass is 15.2. The van der Waals surface area contributed by atoms with E-state index in [9.17, 15) is 0 Å². The van der Waals surface area contributed by atoms with Crippen molar-refractivity contribution >= 4 is 11.5 Å². The highest BCUT2D eigenvalue weighted by molar-refractivity contribution is 5.51. The van der Waals surface area contributed by atoms with Crippen molar-refractivity contribution in [3.05, 3.63) is 48.4 Å². The molecule has 5 heteroatoms. The van der Waals surface area contributed by atoms with E-state index in [1.165, 1.54) is 5.56 Å². The van der Waals surface area contributed by atoms with Crippen molar-refractivity contribution in [1.29, 1.82) is 0 Å². The Morgan fingerprint density at radius 2 is 1.94 bits per heavy atom. The Balaban J connectivity index is 1.86. The lowest BCUT2D eigenvalue weighted by molar-refractivity contribution is 1.01. The molecule has 0 saturated carbocycles. The van der Waals surface area contributed by atoms with Gasteiger partial charge in [-0.1, -0.05) is 0 Å². The van der Waals surface area contributed by atoms with Crippen molar-refractivity contribution in [3.8, 4) is 0 Å². The number of nitrogens with zero attached hydrogens (tertiary/aromatic N) is 2. The second-order valence-corrected chi connectivity index (χ2v) is 3.61. The zero-order valence-corrected chi connectivity index (χ0v) is 9.43. The molecule has 0 bridgehead atoms. The molecule has 0 aliphatic rings. The summed E-state index contributed by atoms with van der Waals surface area (Å²) in [5.74, 6) is 5.94. The summed E-state index contributed by atoms with van der Waals surface area (Å²) in [6, 6.07) is 7.81. The lowest BCUT2D eigenvalue weighted by Crippen LogP contribution is -2.10. The maximum absolute atomic E-state index is 5.29. The van der Waals surface area contributed by atoms with E-state index in [1.807, 2.05) is 24.3 Å². The summed E-state index contributed by atoms with van der Waals surface area (Å²) in [4.78, 5) is 8.02. The highest BCUT2D eigenvalue weighted by Gasteiger charge is 1.95. The number of hydrogen-bond donors (Lipinski definition) is 3. The van der Waals surface area contributed by atoms with Gasteiger partial charge in [0, 0.05) is 36.9 Å². The maximum atomic E-state index is 5.29. The molecule has 2 heterocycles. The van der Waals surface area contributed by atoms with Crippen LogP contribution in [0.2, 0.25) is 0 Å². The summed E-state index contributed by atoms with van der Waals surface area (Å²) < 4.78 is 0. The van der Waals surface area contributed by atoms with Gasteiger partial charge in [0.1, 0.15) is 5.82 Å². The SMILES string of the molecule is NNc1cc(NCCc2ccncc2)ccn1. The van der Waals surface area contributed by atoms with Crippen LogP contribution >= 0.6 is 0 Å². The van der Waals surface area contributed by atoms with Gasteiger partial charge >= 0.3 is 0 Å². The topological polar surface area (TPSA) is 75.9 Å². The number of nitrogen functional groups attached to an aromatic ring is 1. The van der Waals surface area contributed by atoms with Crippen molar-refractivity contribution < 1.29 is 0 Å². The number of rotatable bonds is 5. The molecule has 0 amide bonds. The third-order valence-electron chi connectivity index (χ3n) is 2.40. The van der Waals surface area contributed by atoms with E-state index in [-0.39, 0.29) is 0 Å². The second kappa shape index (κ2) is 5.81. The number of hydrazine groups is 1. The van der Waals surface area contributed by atoms with Gasteiger partial charge < -0.3 is 10.7 Å². The Labute approximate surface area is 100 Å². The number of aromatic nitrogens is 2. The van der Waals surface area contributed by atoms with E-state index in [2.05, 4.69) is 20.7 Å². The molecule has 5 nitrogen and oxygen atoms in total. The third-order valence-corrected chi connectivity index (χ3v) is 2.40. The Morgan fingerprint density at radius 1 is 1.12 bits per heavy atom. The van der Waals surface area contributed by atoms with Crippen LogP contribution in [0.1, 0.15) is 5.56 Å². The van der Waals surface area contributed by atoms with Gasteiger partial charge in [-0.2, -0.15) is 0 Å². The molecule has 0 unspecified atom stereocenters. The largest absolute Gasteiger partial charge is 0.385 e. The first-order valence-electron chi connectivity index (χ1n) is 5.44. The Hall–Kier alpha value is -2.14. The van der Waals surface area contributed by atoms with Crippen LogP contribution in [0.4, 0.5) is 11.5 Å². The lowest BCUT2D eigenvalue weighted by Gasteiger charge is -2.07. The van der Waals surface area contributed by atoms with Crippen molar-refractivity contribution in [2.24, 2.45) is 5.84 Å². The van der Waals surface area contributed by atoms with Gasteiger partial charge in [-0.25, -0.2) is 10.8 Å². The molecule has 2 aromatic heterocycles. The van der Waals surface area contributed by atoms with E-state index >= 15 is 0 Å². The predicted octanol–water partition coefficient (Wildman–Crippen LogP) is 1.42. The first-order chi connectivity index (χ1) is 8.38. The molecular weight excluding hydrogens is 214 g/mol. The summed E-state index contributed by atoms with van der Waals surface area (Å²) in [7, 11) is 0. The summed E-state index contributed by atoms with van der Waals surface area (Å²) in [6.07, 6.45) is 6.27. The first kappa shape index (κ1) is 11.3. The van der Waals surface area contributed by atoms with Gasteiger partial charge in [0.15, 0.2) is 0 Å². The van der Waals surface area contributed by atoms with Gasteiger partial charge in [0.2, 0.25) is 0 Å². The average molecular weight is 229 g/mol. The fraction of sp³-hybridized carbons (Fsp3) is 0.167. The molecule has 4 N–H and O–H groups in total. The van der Waals surface area contributed by atoms with E-state index in [4.69, 9.17) is 5.84 Å². The van der Waals surface area contributed by atoms with Crippen LogP contribution in [0, 0.1) is 0 Å². The number of pyridine rings is 2. The smallest absolute Gasteiger partial charge is 0.141 e. The van der Waals surface area contributed by atoms with Crippen LogP contribution in [-0.2, 0) is 6.42 Å². The molecule has 0 radical (unpaired) electrons. The van der Waals surface area contributed by atoms with Crippen LogP contribution in [0.5, 0.6) is 0 Å². The van der Waals surface area contributed by atoms with Crippen LogP contribution in [0.25, 0.3) is 0 Å². The van der Waals surface area contributed by atoms with Gasteiger partial charge in [0.25, 0.3) is 0 Å². The lowest BCUT2D eigenvalue weighted by atomic mass is 10.2. The fourth-order valence-electron chi connectivity index (χ4n) is 1.52. The Morgan fingerprint density at radius 3 is 2.71 bits per heavy atom. The summed E-state index contributed by atoms with van der Waals surface area (Å²) in [6.45, 7) is 0.859. The molecular formula is C12H15N5. The zero-order chi connectivity index (χ0) is 11.9. The first-order valence-corrected chi connectivity index (χ1v) is 5.44. The van der Waals surface area contributed by atoms with Crippen LogP contribution in [-0.4, -0.2) is 16.5 Å². The molecule has 17 heavy (non-hydrogen) atoms. The van der Waals surface area contributed by atoms with Crippen LogP contribution in [0.3, 0.4) is 0 Å². The van der Waals surface area contributed by atoms with Gasteiger partial charge in [-0.3, -0.25) is 4.98 Å². The summed E-state index contributed by atoms with van der Waals surface area (Å²) in [5.41, 5.74) is 4.78. The highest BCUT2D eigenvalue weighted by Crippen LogP contribution is 2.10. The minimum atomic E-state index is 0.652. The Bertz CT molecular complexity index is 457. The molecule has 0 aliphatic carbocycles. The second-order valence-electron chi connectivity index (χ2n) is 3.61. The zero-order valence-electron chi connectivity index (χ0n) is 9.43. The van der Waals surface area contributed by atoms with Crippen molar-refractivity contribution in [2.45, 2.75) is 6.42 Å². The van der Waals surface area contributed by atoms with Crippen LogP contribution in [0.15, 0.2) is 42.9 Å². The predicted molar refractivity (Wildman–Crippen MR) is 68.5 cm³/mol.